The number of carbonyl (C=O) groups is 1. The summed E-state index contributed by atoms with van der Waals surface area (Å²) in [4.78, 5) is 10.3. The molecule has 0 saturated heterocycles. The number of hydrogen-bond donors (Lipinski definition) is 2. The van der Waals surface area contributed by atoms with Gasteiger partial charge in [0.05, 0.1) is 5.69 Å². The first kappa shape index (κ1) is 8.73. The number of primary amides is 1. The van der Waals surface area contributed by atoms with Crippen molar-refractivity contribution >= 4 is 5.91 Å². The van der Waals surface area contributed by atoms with Gasteiger partial charge < -0.3 is 15.6 Å². The van der Waals surface area contributed by atoms with Gasteiger partial charge in [-0.25, -0.2) is 0 Å². The molecule has 3 N–H and O–H groups in total. The summed E-state index contributed by atoms with van der Waals surface area (Å²) in [5.74, 6) is -0.303. The summed E-state index contributed by atoms with van der Waals surface area (Å²) in [6.07, 6.45) is 1.85. The zero-order valence-electron chi connectivity index (χ0n) is 6.62. The van der Waals surface area contributed by atoms with Crippen LogP contribution in [0.25, 0.3) is 0 Å². The lowest BCUT2D eigenvalue weighted by Crippen LogP contribution is -2.21. The van der Waals surface area contributed by atoms with Gasteiger partial charge in [-0.05, 0) is 0 Å². The number of nitrogens with two attached hydrogens (primary N) is 1. The van der Waals surface area contributed by atoms with Gasteiger partial charge in [0.2, 0.25) is 5.91 Å². The molecule has 0 unspecified atom stereocenters. The molecule has 0 saturated carbocycles. The van der Waals surface area contributed by atoms with Crippen molar-refractivity contribution in [2.45, 2.75) is 13.0 Å². The Labute approximate surface area is 69.9 Å². The van der Waals surface area contributed by atoms with Gasteiger partial charge in [0.25, 0.3) is 0 Å². The zero-order valence-corrected chi connectivity index (χ0v) is 6.62. The van der Waals surface area contributed by atoms with E-state index in [2.05, 4.69) is 15.0 Å². The Kier molecular flexibility index (Phi) is 3.28. The molecule has 1 heterocycles. The standard InChI is InChI=1S/C7H11N3O2/c8-7(11)1-3-9-5-6-2-4-12-10-6/h2,4,9H,1,3,5H2,(H2,8,11). The molecular weight excluding hydrogens is 158 g/mol. The van der Waals surface area contributed by atoms with E-state index in [1.54, 1.807) is 6.07 Å². The third-order valence-electron chi connectivity index (χ3n) is 1.35. The summed E-state index contributed by atoms with van der Waals surface area (Å²) in [6.45, 7) is 1.17. The predicted molar refractivity (Wildman–Crippen MR) is 42.0 cm³/mol. The van der Waals surface area contributed by atoms with Gasteiger partial charge >= 0.3 is 0 Å². The van der Waals surface area contributed by atoms with Crippen LogP contribution in [0.4, 0.5) is 0 Å². The van der Waals surface area contributed by atoms with Crippen LogP contribution in [-0.4, -0.2) is 17.6 Å². The van der Waals surface area contributed by atoms with Crippen LogP contribution in [0.15, 0.2) is 16.9 Å². The molecule has 0 aliphatic heterocycles. The number of amides is 1. The molecule has 1 aromatic heterocycles. The molecule has 0 aliphatic rings. The van der Waals surface area contributed by atoms with Crippen LogP contribution in [0.5, 0.6) is 0 Å². The third kappa shape index (κ3) is 3.16. The van der Waals surface area contributed by atoms with Gasteiger partial charge in [-0.3, -0.25) is 4.79 Å². The second-order valence-electron chi connectivity index (χ2n) is 2.38. The van der Waals surface area contributed by atoms with Crippen molar-refractivity contribution < 1.29 is 9.32 Å². The minimum absolute atomic E-state index is 0.303. The maximum atomic E-state index is 10.3. The highest BCUT2D eigenvalue weighted by Gasteiger charge is 1.96. The maximum Gasteiger partial charge on any atom is 0.218 e. The van der Waals surface area contributed by atoms with Crippen LogP contribution in [0.3, 0.4) is 0 Å². The largest absolute Gasteiger partial charge is 0.370 e. The molecule has 0 aromatic carbocycles. The van der Waals surface area contributed by atoms with Crippen molar-refractivity contribution in [2.24, 2.45) is 5.73 Å². The molecule has 66 valence electrons. The number of nitrogens with zero attached hydrogens (tertiary/aromatic N) is 1. The van der Waals surface area contributed by atoms with E-state index in [1.807, 2.05) is 0 Å². The van der Waals surface area contributed by atoms with E-state index in [9.17, 15) is 4.79 Å². The van der Waals surface area contributed by atoms with Crippen molar-refractivity contribution in [3.05, 3.63) is 18.0 Å². The van der Waals surface area contributed by atoms with E-state index in [0.717, 1.165) is 5.69 Å². The molecule has 5 heteroatoms. The van der Waals surface area contributed by atoms with Crippen LogP contribution < -0.4 is 11.1 Å². The Morgan fingerprint density at radius 3 is 3.17 bits per heavy atom. The van der Waals surface area contributed by atoms with Gasteiger partial charge in [0.1, 0.15) is 6.26 Å². The van der Waals surface area contributed by atoms with E-state index in [-0.39, 0.29) is 5.91 Å². The number of hydrogen-bond acceptors (Lipinski definition) is 4. The molecule has 1 rings (SSSR count). The molecule has 0 bridgehead atoms. The maximum absolute atomic E-state index is 10.3. The second kappa shape index (κ2) is 4.50. The van der Waals surface area contributed by atoms with Gasteiger partial charge in [0, 0.05) is 25.6 Å². The predicted octanol–water partition coefficient (Wildman–Crippen LogP) is -0.360. The molecule has 0 fully saturated rings. The minimum atomic E-state index is -0.303. The van der Waals surface area contributed by atoms with Gasteiger partial charge in [0.15, 0.2) is 0 Å². The summed E-state index contributed by atoms with van der Waals surface area (Å²) >= 11 is 0. The Morgan fingerprint density at radius 1 is 1.75 bits per heavy atom. The average molecular weight is 169 g/mol. The van der Waals surface area contributed by atoms with Gasteiger partial charge in [-0.2, -0.15) is 0 Å². The van der Waals surface area contributed by atoms with Crippen molar-refractivity contribution in [3.8, 4) is 0 Å². The number of nitrogens with one attached hydrogen (secondary N) is 1. The monoisotopic (exact) mass is 169 g/mol. The molecule has 0 aliphatic carbocycles. The lowest BCUT2D eigenvalue weighted by atomic mass is 10.4. The number of aromatic nitrogens is 1. The van der Waals surface area contributed by atoms with Crippen LogP contribution in [0.1, 0.15) is 12.1 Å². The van der Waals surface area contributed by atoms with E-state index < -0.39 is 0 Å². The van der Waals surface area contributed by atoms with E-state index in [0.29, 0.717) is 19.5 Å². The van der Waals surface area contributed by atoms with E-state index >= 15 is 0 Å². The smallest absolute Gasteiger partial charge is 0.218 e. The molecule has 0 spiro atoms. The third-order valence-corrected chi connectivity index (χ3v) is 1.35. The first-order chi connectivity index (χ1) is 5.79. The average Bonchev–Trinajstić information content (AvgIpc) is 2.49. The Balaban J connectivity index is 2.07. The SMILES string of the molecule is NC(=O)CCNCc1ccon1. The quantitative estimate of drug-likeness (QED) is 0.590. The van der Waals surface area contributed by atoms with Gasteiger partial charge in [-0.1, -0.05) is 5.16 Å². The summed E-state index contributed by atoms with van der Waals surface area (Å²) in [5, 5.41) is 6.68. The fourth-order valence-electron chi connectivity index (χ4n) is 0.757. The Hall–Kier alpha value is -1.36. The van der Waals surface area contributed by atoms with Crippen molar-refractivity contribution in [3.63, 3.8) is 0 Å². The zero-order chi connectivity index (χ0) is 8.81. The van der Waals surface area contributed by atoms with Crippen molar-refractivity contribution in [1.29, 1.82) is 0 Å². The fourth-order valence-corrected chi connectivity index (χ4v) is 0.757. The molecule has 0 radical (unpaired) electrons. The lowest BCUT2D eigenvalue weighted by Gasteiger charge is -1.98. The van der Waals surface area contributed by atoms with Crippen LogP contribution >= 0.6 is 0 Å². The van der Waals surface area contributed by atoms with Crippen molar-refractivity contribution in [2.75, 3.05) is 6.54 Å². The first-order valence-electron chi connectivity index (χ1n) is 3.67. The molecule has 0 atom stereocenters. The number of rotatable bonds is 5. The number of carbonyl (C=O) groups excluding carboxylic acids is 1. The summed E-state index contributed by atoms with van der Waals surface area (Å²) in [6, 6.07) is 1.76. The molecule has 5 nitrogen and oxygen atoms in total. The second-order valence-corrected chi connectivity index (χ2v) is 2.38. The minimum Gasteiger partial charge on any atom is -0.370 e. The van der Waals surface area contributed by atoms with Crippen LogP contribution in [-0.2, 0) is 11.3 Å². The topological polar surface area (TPSA) is 81.2 Å². The summed E-state index contributed by atoms with van der Waals surface area (Å²) in [7, 11) is 0. The highest BCUT2D eigenvalue weighted by molar-refractivity contribution is 5.73. The summed E-state index contributed by atoms with van der Waals surface area (Å²) < 4.78 is 4.61. The first-order valence-corrected chi connectivity index (χ1v) is 3.67. The lowest BCUT2D eigenvalue weighted by molar-refractivity contribution is -0.117. The van der Waals surface area contributed by atoms with Crippen LogP contribution in [0.2, 0.25) is 0 Å². The highest BCUT2D eigenvalue weighted by atomic mass is 16.5. The Bertz CT molecular complexity index is 233. The molecule has 1 amide bonds. The molecule has 1 aromatic rings. The van der Waals surface area contributed by atoms with E-state index in [1.165, 1.54) is 6.26 Å². The molecular formula is C7H11N3O2. The normalized spacial score (nSPS) is 10.0. The van der Waals surface area contributed by atoms with E-state index in [4.69, 9.17) is 5.73 Å². The van der Waals surface area contributed by atoms with Crippen molar-refractivity contribution in [1.82, 2.24) is 10.5 Å². The van der Waals surface area contributed by atoms with Gasteiger partial charge in [-0.15, -0.1) is 0 Å². The molecule has 12 heavy (non-hydrogen) atoms. The van der Waals surface area contributed by atoms with Crippen LogP contribution in [0, 0.1) is 0 Å². The summed E-state index contributed by atoms with van der Waals surface area (Å²) in [5.41, 5.74) is 5.76. The Morgan fingerprint density at radius 2 is 2.58 bits per heavy atom. The fraction of sp³-hybridized carbons (Fsp3) is 0.429. The highest BCUT2D eigenvalue weighted by Crippen LogP contribution is 1.92.